The molecule has 0 heterocycles. The first-order chi connectivity index (χ1) is 5.18. The molecule has 0 aliphatic rings. The van der Waals surface area contributed by atoms with Gasteiger partial charge in [0.1, 0.15) is 0 Å². The van der Waals surface area contributed by atoms with Crippen LogP contribution in [0.4, 0.5) is 0 Å². The maximum absolute atomic E-state index is 9.25. The molecule has 59 valence electrons. The van der Waals surface area contributed by atoms with E-state index in [4.69, 9.17) is 9.84 Å². The number of hydrogen-bond donors (Lipinski definition) is 1. The zero-order valence-corrected chi connectivity index (χ0v) is 9.42. The van der Waals surface area contributed by atoms with E-state index < -0.39 is 5.97 Å². The number of carboxylic acids is 1. The Hall–Kier alpha value is -0.467. The van der Waals surface area contributed by atoms with E-state index in [0.29, 0.717) is 6.61 Å². The van der Waals surface area contributed by atoms with Crippen molar-refractivity contribution in [1.82, 2.24) is 0 Å². The summed E-state index contributed by atoms with van der Waals surface area (Å²) in [5.41, 5.74) is 0. The van der Waals surface area contributed by atoms with Crippen LogP contribution in [0.2, 0.25) is 0 Å². The molecule has 0 rings (SSSR count). The van der Waals surface area contributed by atoms with Crippen molar-refractivity contribution in [2.75, 3.05) is 11.8 Å². The maximum atomic E-state index is 9.25. The second kappa shape index (κ2) is 12.2. The van der Waals surface area contributed by atoms with Crippen molar-refractivity contribution in [3.8, 4) is 0 Å². The third-order valence-electron chi connectivity index (χ3n) is 0.555. The normalized spacial score (nSPS) is 7.45. The second-order valence-corrected chi connectivity index (χ2v) is 2.26. The van der Waals surface area contributed by atoms with E-state index in [2.05, 4.69) is 13.2 Å². The zero-order chi connectivity index (χ0) is 9.11. The molecule has 4 heteroatoms. The topological polar surface area (TPSA) is 46.5 Å². The molecule has 3 nitrogen and oxygen atoms in total. The molecule has 0 radical (unpaired) electrons. The predicted octanol–water partition coefficient (Wildman–Crippen LogP) is 0.950. The molecule has 0 unspecified atom stereocenters. The Balaban J connectivity index is 0. The molecule has 0 atom stereocenters. The number of rotatable bonds is 4. The van der Waals surface area contributed by atoms with Crippen LogP contribution in [0.3, 0.4) is 0 Å². The minimum atomic E-state index is -0.981. The van der Waals surface area contributed by atoms with Crippen LogP contribution in [0, 0.1) is 0 Å². The fourth-order valence-corrected chi connectivity index (χ4v) is 0.516. The summed E-state index contributed by atoms with van der Waals surface area (Å²) in [6.07, 6.45) is 2.59. The Morgan fingerprint density at radius 3 is 2.18 bits per heavy atom. The van der Waals surface area contributed by atoms with Gasteiger partial charge in [0, 0.05) is 6.08 Å². The van der Waals surface area contributed by atoms with E-state index in [1.54, 1.807) is 6.08 Å². The molecule has 0 bridgehead atoms. The molecule has 0 spiro atoms. The summed E-state index contributed by atoms with van der Waals surface area (Å²) < 4.78 is 4.92. The Kier molecular flexibility index (Phi) is 14.6. The van der Waals surface area contributed by atoms with Gasteiger partial charge in [-0.05, 0) is 0 Å². The van der Waals surface area contributed by atoms with Gasteiger partial charge in [0.15, 0.2) is 0 Å². The van der Waals surface area contributed by atoms with Crippen LogP contribution in [-0.2, 0) is 27.8 Å². The van der Waals surface area contributed by atoms with E-state index in [1.165, 1.54) is 18.3 Å². The number of aliphatic carboxylic acids is 1. The molecule has 0 aromatic carbocycles. The summed E-state index contributed by atoms with van der Waals surface area (Å²) in [5, 5.41) is 8.51. The van der Waals surface area contributed by atoms with Gasteiger partial charge in [0.05, 0.1) is 0 Å². The van der Waals surface area contributed by atoms with Crippen molar-refractivity contribution in [3.63, 3.8) is 0 Å². The summed E-state index contributed by atoms with van der Waals surface area (Å²) in [6, 6.07) is 0. The van der Waals surface area contributed by atoms with E-state index in [0.717, 1.165) is 11.3 Å². The van der Waals surface area contributed by atoms with E-state index in [1.807, 2.05) is 0 Å². The molecule has 0 aromatic rings. The Labute approximate surface area is 76.4 Å². The SMILES string of the molecule is C=CC(=O)O.C=CCO[CH2][Zn]. The van der Waals surface area contributed by atoms with Gasteiger partial charge in [-0.15, -0.1) is 0 Å². The van der Waals surface area contributed by atoms with Gasteiger partial charge in [-0.25, -0.2) is 4.79 Å². The standard InChI is InChI=1S/C4H7O.C3H4O2.Zn/c1-3-4-5-2;1-2-3(4)5;/h3H,1-2,4H2;2H,1H2,(H,4,5);. The van der Waals surface area contributed by atoms with Gasteiger partial charge in [0.25, 0.3) is 0 Å². The fourth-order valence-electron chi connectivity index (χ4n) is 0.167. The number of carboxylic acid groups (broad SMARTS) is 1. The van der Waals surface area contributed by atoms with Gasteiger partial charge in [-0.1, -0.05) is 6.58 Å². The molecule has 0 aliphatic heterocycles. The van der Waals surface area contributed by atoms with Crippen molar-refractivity contribution in [3.05, 3.63) is 25.3 Å². The third kappa shape index (κ3) is 26.3. The average Bonchev–Trinajstić information content (AvgIpc) is 2.02. The Bertz CT molecular complexity index is 123. The number of ether oxygens (including phenoxy) is 1. The Morgan fingerprint density at radius 1 is 1.64 bits per heavy atom. The van der Waals surface area contributed by atoms with Crippen molar-refractivity contribution in [2.45, 2.75) is 0 Å². The summed E-state index contributed by atoms with van der Waals surface area (Å²) in [6.45, 7) is 7.16. The first-order valence-electron chi connectivity index (χ1n) is 3.02. The number of hydrogen-bond acceptors (Lipinski definition) is 2. The molecule has 0 amide bonds. The first kappa shape index (κ1) is 13.1. The zero-order valence-electron chi connectivity index (χ0n) is 6.45. The molecule has 0 fully saturated rings. The fraction of sp³-hybridized carbons (Fsp3) is 0.286. The van der Waals surface area contributed by atoms with Gasteiger partial charge < -0.3 is 5.11 Å². The van der Waals surface area contributed by atoms with Crippen LogP contribution in [0.5, 0.6) is 0 Å². The second-order valence-electron chi connectivity index (χ2n) is 1.41. The molecule has 0 saturated heterocycles. The predicted molar refractivity (Wildman–Crippen MR) is 38.8 cm³/mol. The minimum absolute atomic E-state index is 0.708. The average molecular weight is 209 g/mol. The van der Waals surface area contributed by atoms with Crippen LogP contribution in [0.25, 0.3) is 0 Å². The van der Waals surface area contributed by atoms with Crippen LogP contribution in [0.15, 0.2) is 25.3 Å². The molecule has 0 aliphatic carbocycles. The van der Waals surface area contributed by atoms with Crippen molar-refractivity contribution in [1.29, 1.82) is 0 Å². The van der Waals surface area contributed by atoms with Crippen molar-refractivity contribution < 1.29 is 32.9 Å². The van der Waals surface area contributed by atoms with Crippen molar-refractivity contribution in [2.24, 2.45) is 0 Å². The van der Waals surface area contributed by atoms with Crippen LogP contribution in [-0.4, -0.2) is 22.9 Å². The molecule has 1 N–H and O–H groups in total. The summed E-state index contributed by atoms with van der Waals surface area (Å²) in [7, 11) is 0. The summed E-state index contributed by atoms with van der Waals surface area (Å²) in [4.78, 5) is 9.25. The van der Waals surface area contributed by atoms with Gasteiger partial charge in [-0.2, -0.15) is 0 Å². The summed E-state index contributed by atoms with van der Waals surface area (Å²) in [5.74, 6) is -0.981. The van der Waals surface area contributed by atoms with Gasteiger partial charge >= 0.3 is 53.5 Å². The van der Waals surface area contributed by atoms with Gasteiger partial charge in [-0.3, -0.25) is 0 Å². The molecular formula is C7H11O3Zn. The van der Waals surface area contributed by atoms with Gasteiger partial charge in [0.2, 0.25) is 0 Å². The summed E-state index contributed by atoms with van der Waals surface area (Å²) >= 11 is 1.22. The van der Waals surface area contributed by atoms with Crippen LogP contribution < -0.4 is 0 Å². The monoisotopic (exact) mass is 207 g/mol. The van der Waals surface area contributed by atoms with Crippen LogP contribution >= 0.6 is 0 Å². The quantitative estimate of drug-likeness (QED) is 0.324. The molecular weight excluding hydrogens is 197 g/mol. The van der Waals surface area contributed by atoms with E-state index >= 15 is 0 Å². The Morgan fingerprint density at radius 2 is 2.09 bits per heavy atom. The van der Waals surface area contributed by atoms with Crippen molar-refractivity contribution >= 4 is 5.97 Å². The third-order valence-corrected chi connectivity index (χ3v) is 1.16. The van der Waals surface area contributed by atoms with E-state index in [9.17, 15) is 4.79 Å². The van der Waals surface area contributed by atoms with Crippen LogP contribution in [0.1, 0.15) is 0 Å². The molecule has 11 heavy (non-hydrogen) atoms. The molecule has 0 aromatic heterocycles. The number of carbonyl (C=O) groups is 1. The first-order valence-corrected chi connectivity index (χ1v) is 5.12. The molecule has 0 saturated carbocycles. The van der Waals surface area contributed by atoms with E-state index in [-0.39, 0.29) is 0 Å².